The van der Waals surface area contributed by atoms with Crippen LogP contribution in [0.5, 0.6) is 11.5 Å². The summed E-state index contributed by atoms with van der Waals surface area (Å²) in [4.78, 5) is 0. The zero-order chi connectivity index (χ0) is 22.1. The lowest BCUT2D eigenvalue weighted by atomic mass is 10.2. The van der Waals surface area contributed by atoms with Crippen molar-refractivity contribution in [3.63, 3.8) is 0 Å². The molecule has 8 heteroatoms. The molecule has 0 heterocycles. The summed E-state index contributed by atoms with van der Waals surface area (Å²) in [5.41, 5.74) is 5.35. The molecule has 0 spiro atoms. The summed E-state index contributed by atoms with van der Waals surface area (Å²) in [5.74, 6) is 1.22. The van der Waals surface area contributed by atoms with Gasteiger partial charge < -0.3 is 14.8 Å². The third kappa shape index (κ3) is 7.14. The Bertz CT molecular complexity index is 1060. The number of rotatable bonds is 8. The monoisotopic (exact) mass is 473 g/mol. The van der Waals surface area contributed by atoms with Gasteiger partial charge in [-0.2, -0.15) is 5.10 Å². The molecular formula is C23H21Cl2N3O2S. The van der Waals surface area contributed by atoms with Gasteiger partial charge in [0.05, 0.1) is 12.8 Å². The number of benzene rings is 3. The van der Waals surface area contributed by atoms with E-state index < -0.39 is 0 Å². The van der Waals surface area contributed by atoms with E-state index in [-0.39, 0.29) is 0 Å². The van der Waals surface area contributed by atoms with Gasteiger partial charge in [0.2, 0.25) is 0 Å². The van der Waals surface area contributed by atoms with E-state index >= 15 is 0 Å². The Morgan fingerprint density at radius 2 is 1.81 bits per heavy atom. The van der Waals surface area contributed by atoms with Crippen molar-refractivity contribution in [1.29, 1.82) is 0 Å². The van der Waals surface area contributed by atoms with Crippen LogP contribution in [-0.2, 0) is 6.61 Å². The van der Waals surface area contributed by atoms with Crippen molar-refractivity contribution in [2.45, 2.75) is 13.5 Å². The molecule has 31 heavy (non-hydrogen) atoms. The maximum atomic E-state index is 6.22. The van der Waals surface area contributed by atoms with Gasteiger partial charge in [-0.05, 0) is 67.2 Å². The van der Waals surface area contributed by atoms with Gasteiger partial charge in [0.15, 0.2) is 16.6 Å². The number of ether oxygens (including phenoxy) is 2. The molecular weight excluding hydrogens is 453 g/mol. The van der Waals surface area contributed by atoms with E-state index in [1.165, 1.54) is 0 Å². The van der Waals surface area contributed by atoms with Crippen molar-refractivity contribution in [3.8, 4) is 11.5 Å². The average Bonchev–Trinajstić information content (AvgIpc) is 2.75. The van der Waals surface area contributed by atoms with Gasteiger partial charge >= 0.3 is 0 Å². The van der Waals surface area contributed by atoms with Crippen molar-refractivity contribution in [1.82, 2.24) is 5.43 Å². The number of nitrogens with one attached hydrogen (secondary N) is 2. The van der Waals surface area contributed by atoms with Gasteiger partial charge in [-0.15, -0.1) is 0 Å². The smallest absolute Gasteiger partial charge is 0.191 e. The quantitative estimate of drug-likeness (QED) is 0.228. The first-order chi connectivity index (χ1) is 15.0. The van der Waals surface area contributed by atoms with E-state index in [0.717, 1.165) is 16.8 Å². The van der Waals surface area contributed by atoms with Crippen molar-refractivity contribution < 1.29 is 9.47 Å². The van der Waals surface area contributed by atoms with Gasteiger partial charge in [-0.1, -0.05) is 47.5 Å². The largest absolute Gasteiger partial charge is 0.490 e. The Balaban J connectivity index is 1.62. The molecule has 0 amide bonds. The van der Waals surface area contributed by atoms with E-state index in [0.29, 0.717) is 39.9 Å². The fourth-order valence-corrected chi connectivity index (χ4v) is 3.27. The first kappa shape index (κ1) is 22.9. The molecule has 0 aromatic heterocycles. The van der Waals surface area contributed by atoms with Crippen molar-refractivity contribution >= 4 is 52.4 Å². The van der Waals surface area contributed by atoms with E-state index in [2.05, 4.69) is 15.8 Å². The highest BCUT2D eigenvalue weighted by Gasteiger charge is 2.08. The molecule has 3 rings (SSSR count). The molecule has 0 fully saturated rings. The maximum absolute atomic E-state index is 6.22. The summed E-state index contributed by atoms with van der Waals surface area (Å²) >= 11 is 17.4. The zero-order valence-electron chi connectivity index (χ0n) is 16.8. The predicted molar refractivity (Wildman–Crippen MR) is 132 cm³/mol. The molecule has 2 N–H and O–H groups in total. The number of anilines is 1. The van der Waals surface area contributed by atoms with Crippen LogP contribution < -0.4 is 20.2 Å². The highest BCUT2D eigenvalue weighted by atomic mass is 35.5. The van der Waals surface area contributed by atoms with Gasteiger partial charge in [0, 0.05) is 21.3 Å². The highest BCUT2D eigenvalue weighted by molar-refractivity contribution is 7.80. The number of hydrazone groups is 1. The lowest BCUT2D eigenvalue weighted by molar-refractivity contribution is 0.269. The predicted octanol–water partition coefficient (Wildman–Crippen LogP) is 6.29. The van der Waals surface area contributed by atoms with E-state index in [1.807, 2.05) is 61.5 Å². The standard InChI is InChI=1S/C23H21Cl2N3O2S/c1-2-29-22-12-16(14-26-28-23(31)27-19-6-4-3-5-7-19)8-11-21(22)30-15-17-9-10-18(24)13-20(17)25/h3-14H,2,15H2,1H3,(H2,27,28,31)/b26-14-. The average molecular weight is 474 g/mol. The maximum Gasteiger partial charge on any atom is 0.191 e. The normalized spacial score (nSPS) is 10.7. The third-order valence-electron chi connectivity index (χ3n) is 4.08. The molecule has 0 aliphatic rings. The molecule has 0 bridgehead atoms. The summed E-state index contributed by atoms with van der Waals surface area (Å²) in [6.45, 7) is 2.71. The summed E-state index contributed by atoms with van der Waals surface area (Å²) in [6, 6.07) is 20.5. The number of para-hydroxylation sites is 1. The number of nitrogens with zero attached hydrogens (tertiary/aromatic N) is 1. The van der Waals surface area contributed by atoms with Crippen LogP contribution in [-0.4, -0.2) is 17.9 Å². The van der Waals surface area contributed by atoms with Crippen molar-refractivity contribution in [3.05, 3.63) is 87.9 Å². The summed E-state index contributed by atoms with van der Waals surface area (Å²) < 4.78 is 11.6. The molecule has 0 aliphatic carbocycles. The first-order valence-corrected chi connectivity index (χ1v) is 10.7. The Kier molecular flexibility index (Phi) is 8.53. The molecule has 0 saturated carbocycles. The van der Waals surface area contributed by atoms with Crippen LogP contribution in [0.2, 0.25) is 10.0 Å². The highest BCUT2D eigenvalue weighted by Crippen LogP contribution is 2.30. The fourth-order valence-electron chi connectivity index (χ4n) is 2.63. The number of hydrogen-bond acceptors (Lipinski definition) is 4. The molecule has 0 saturated heterocycles. The number of thiocarbonyl (C=S) groups is 1. The Morgan fingerprint density at radius 1 is 1.00 bits per heavy atom. The second-order valence-corrected chi connectivity index (χ2v) is 7.61. The van der Waals surface area contributed by atoms with Gasteiger partial charge in [0.25, 0.3) is 0 Å². The molecule has 3 aromatic rings. The van der Waals surface area contributed by atoms with Crippen LogP contribution in [0.25, 0.3) is 0 Å². The molecule has 0 radical (unpaired) electrons. The van der Waals surface area contributed by atoms with Crippen molar-refractivity contribution in [2.24, 2.45) is 5.10 Å². The summed E-state index contributed by atoms with van der Waals surface area (Å²) in [5, 5.41) is 8.76. The summed E-state index contributed by atoms with van der Waals surface area (Å²) in [6.07, 6.45) is 1.65. The second-order valence-electron chi connectivity index (χ2n) is 6.35. The lowest BCUT2D eigenvalue weighted by Gasteiger charge is -2.13. The van der Waals surface area contributed by atoms with Gasteiger partial charge in [0.1, 0.15) is 6.61 Å². The van der Waals surface area contributed by atoms with Crippen LogP contribution in [0.4, 0.5) is 5.69 Å². The summed E-state index contributed by atoms with van der Waals surface area (Å²) in [7, 11) is 0. The van der Waals surface area contributed by atoms with Gasteiger partial charge in [-0.25, -0.2) is 0 Å². The molecule has 5 nitrogen and oxygen atoms in total. The molecule has 3 aromatic carbocycles. The minimum absolute atomic E-state index is 0.296. The Morgan fingerprint density at radius 3 is 2.55 bits per heavy atom. The van der Waals surface area contributed by atoms with E-state index in [9.17, 15) is 0 Å². The lowest BCUT2D eigenvalue weighted by Crippen LogP contribution is -2.23. The van der Waals surface area contributed by atoms with E-state index in [4.69, 9.17) is 44.9 Å². The topological polar surface area (TPSA) is 54.9 Å². The number of halogens is 2. The van der Waals surface area contributed by atoms with Crippen molar-refractivity contribution in [2.75, 3.05) is 11.9 Å². The number of hydrogen-bond donors (Lipinski definition) is 2. The zero-order valence-corrected chi connectivity index (χ0v) is 19.1. The van der Waals surface area contributed by atoms with Crippen LogP contribution >= 0.6 is 35.4 Å². The van der Waals surface area contributed by atoms with E-state index in [1.54, 1.807) is 18.3 Å². The second kappa shape index (κ2) is 11.6. The molecule has 0 unspecified atom stereocenters. The van der Waals surface area contributed by atoms with Crippen LogP contribution in [0.1, 0.15) is 18.1 Å². The van der Waals surface area contributed by atoms with Gasteiger partial charge in [-0.3, -0.25) is 5.43 Å². The minimum Gasteiger partial charge on any atom is -0.490 e. The first-order valence-electron chi connectivity index (χ1n) is 9.54. The molecule has 160 valence electrons. The molecule has 0 atom stereocenters. The third-order valence-corrected chi connectivity index (χ3v) is 4.86. The van der Waals surface area contributed by atoms with Crippen LogP contribution in [0.3, 0.4) is 0 Å². The minimum atomic E-state index is 0.296. The Labute approximate surface area is 197 Å². The van der Waals surface area contributed by atoms with Crippen LogP contribution in [0, 0.1) is 0 Å². The fraction of sp³-hybridized carbons (Fsp3) is 0.130. The SMILES string of the molecule is CCOc1cc(/C=N\NC(=S)Nc2ccccc2)ccc1OCc1ccc(Cl)cc1Cl. The Hall–Kier alpha value is -2.80. The molecule has 0 aliphatic heterocycles. The van der Waals surface area contributed by atoms with Crippen LogP contribution in [0.15, 0.2) is 71.8 Å².